The van der Waals surface area contributed by atoms with Crippen molar-refractivity contribution in [2.75, 3.05) is 13.6 Å². The first kappa shape index (κ1) is 14.8. The van der Waals surface area contributed by atoms with Gasteiger partial charge in [0, 0.05) is 22.6 Å². The van der Waals surface area contributed by atoms with Crippen molar-refractivity contribution in [2.24, 2.45) is 11.7 Å². The molecule has 1 heterocycles. The van der Waals surface area contributed by atoms with Crippen molar-refractivity contribution in [3.63, 3.8) is 0 Å². The maximum absolute atomic E-state index is 5.98. The summed E-state index contributed by atoms with van der Waals surface area (Å²) in [5.41, 5.74) is 7.00. The molecule has 0 spiro atoms. The van der Waals surface area contributed by atoms with E-state index in [1.54, 1.807) is 0 Å². The van der Waals surface area contributed by atoms with E-state index in [-0.39, 0.29) is 0 Å². The maximum atomic E-state index is 5.98. The fourth-order valence-corrected chi connectivity index (χ4v) is 3.07. The lowest BCUT2D eigenvalue weighted by atomic mass is 10.1. The van der Waals surface area contributed by atoms with Gasteiger partial charge in [-0.05, 0) is 50.1 Å². The number of furan rings is 1. The SMILES string of the molecule is CN(Cc1ccc(-c2ccc(Br)cc2)o1)C(CN)C1CC1. The highest BCUT2D eigenvalue weighted by molar-refractivity contribution is 9.10. The normalized spacial score (nSPS) is 16.4. The first-order valence-corrected chi connectivity index (χ1v) is 8.21. The van der Waals surface area contributed by atoms with Gasteiger partial charge in [-0.3, -0.25) is 4.90 Å². The lowest BCUT2D eigenvalue weighted by Crippen LogP contribution is -2.39. The van der Waals surface area contributed by atoms with Crippen molar-refractivity contribution in [1.29, 1.82) is 0 Å². The van der Waals surface area contributed by atoms with Gasteiger partial charge in [0.2, 0.25) is 0 Å². The van der Waals surface area contributed by atoms with Crippen molar-refractivity contribution in [2.45, 2.75) is 25.4 Å². The van der Waals surface area contributed by atoms with Gasteiger partial charge < -0.3 is 10.2 Å². The topological polar surface area (TPSA) is 42.4 Å². The number of hydrogen-bond donors (Lipinski definition) is 1. The second kappa shape index (κ2) is 6.34. The van der Waals surface area contributed by atoms with Crippen LogP contribution >= 0.6 is 15.9 Å². The Bertz CT molecular complexity index is 589. The summed E-state index contributed by atoms with van der Waals surface area (Å²) in [6.45, 7) is 1.54. The van der Waals surface area contributed by atoms with Gasteiger partial charge in [0.25, 0.3) is 0 Å². The van der Waals surface area contributed by atoms with Gasteiger partial charge in [0.05, 0.1) is 6.54 Å². The fraction of sp³-hybridized carbons (Fsp3) is 0.412. The van der Waals surface area contributed by atoms with E-state index in [9.17, 15) is 0 Å². The van der Waals surface area contributed by atoms with Gasteiger partial charge in [0.15, 0.2) is 0 Å². The molecule has 0 saturated heterocycles. The van der Waals surface area contributed by atoms with Gasteiger partial charge in [-0.25, -0.2) is 0 Å². The summed E-state index contributed by atoms with van der Waals surface area (Å²) in [5.74, 6) is 2.69. The molecule has 0 amide bonds. The zero-order valence-electron chi connectivity index (χ0n) is 12.3. The van der Waals surface area contributed by atoms with E-state index in [1.165, 1.54) is 12.8 Å². The molecule has 1 atom stereocenters. The number of benzene rings is 1. The minimum atomic E-state index is 0.478. The summed E-state index contributed by atoms with van der Waals surface area (Å²) in [5, 5.41) is 0. The largest absolute Gasteiger partial charge is 0.460 e. The zero-order chi connectivity index (χ0) is 14.8. The van der Waals surface area contributed by atoms with Crippen LogP contribution < -0.4 is 5.73 Å². The lowest BCUT2D eigenvalue weighted by molar-refractivity contribution is 0.201. The second-order valence-corrected chi connectivity index (χ2v) is 6.74. The van der Waals surface area contributed by atoms with E-state index in [4.69, 9.17) is 10.2 Å². The van der Waals surface area contributed by atoms with Crippen LogP contribution in [0, 0.1) is 5.92 Å². The molecule has 0 aliphatic heterocycles. The Morgan fingerprint density at radius 3 is 2.57 bits per heavy atom. The number of likely N-dealkylation sites (N-methyl/N-ethyl adjacent to an activating group) is 1. The zero-order valence-corrected chi connectivity index (χ0v) is 13.8. The van der Waals surface area contributed by atoms with Crippen LogP contribution in [0.5, 0.6) is 0 Å². The monoisotopic (exact) mass is 348 g/mol. The average molecular weight is 349 g/mol. The summed E-state index contributed by atoms with van der Waals surface area (Å²) in [6, 6.07) is 12.8. The van der Waals surface area contributed by atoms with E-state index < -0.39 is 0 Å². The van der Waals surface area contributed by atoms with Crippen molar-refractivity contribution >= 4 is 15.9 Å². The molecule has 3 nitrogen and oxygen atoms in total. The van der Waals surface area contributed by atoms with Crippen molar-refractivity contribution in [1.82, 2.24) is 4.90 Å². The maximum Gasteiger partial charge on any atom is 0.134 e. The highest BCUT2D eigenvalue weighted by atomic mass is 79.9. The highest BCUT2D eigenvalue weighted by Crippen LogP contribution is 2.35. The average Bonchev–Trinajstić information content (AvgIpc) is 3.20. The Morgan fingerprint density at radius 1 is 1.24 bits per heavy atom. The molecule has 2 aromatic rings. The number of nitrogens with two attached hydrogens (primary N) is 1. The predicted molar refractivity (Wildman–Crippen MR) is 88.9 cm³/mol. The Hall–Kier alpha value is -1.10. The third kappa shape index (κ3) is 3.57. The molecular formula is C17H21BrN2O. The third-order valence-corrected chi connectivity index (χ3v) is 4.70. The molecule has 3 rings (SSSR count). The molecule has 4 heteroatoms. The molecule has 1 fully saturated rings. The van der Waals surface area contributed by atoms with Gasteiger partial charge in [-0.1, -0.05) is 28.1 Å². The van der Waals surface area contributed by atoms with Gasteiger partial charge in [0.1, 0.15) is 11.5 Å². The highest BCUT2D eigenvalue weighted by Gasteiger charge is 2.33. The van der Waals surface area contributed by atoms with Crippen LogP contribution in [0.25, 0.3) is 11.3 Å². The molecule has 1 unspecified atom stereocenters. The Balaban J connectivity index is 1.68. The van der Waals surface area contributed by atoms with Crippen LogP contribution in [0.15, 0.2) is 45.3 Å². The summed E-state index contributed by atoms with van der Waals surface area (Å²) >= 11 is 3.45. The molecule has 0 bridgehead atoms. The molecule has 1 aromatic carbocycles. The van der Waals surface area contributed by atoms with Crippen molar-refractivity contribution in [3.8, 4) is 11.3 Å². The molecule has 21 heavy (non-hydrogen) atoms. The summed E-state index contributed by atoms with van der Waals surface area (Å²) in [4.78, 5) is 2.32. The standard InChI is InChI=1S/C17H21BrN2O/c1-20(16(10-19)12-2-3-12)11-15-8-9-17(21-15)13-4-6-14(18)7-5-13/h4-9,12,16H,2-3,10-11,19H2,1H3. The first-order valence-electron chi connectivity index (χ1n) is 7.42. The summed E-state index contributed by atoms with van der Waals surface area (Å²) in [6.07, 6.45) is 2.63. The minimum absolute atomic E-state index is 0.478. The van der Waals surface area contributed by atoms with Crippen molar-refractivity contribution in [3.05, 3.63) is 46.6 Å². The van der Waals surface area contributed by atoms with E-state index in [2.05, 4.69) is 46.1 Å². The van der Waals surface area contributed by atoms with Gasteiger partial charge in [-0.2, -0.15) is 0 Å². The fourth-order valence-electron chi connectivity index (χ4n) is 2.81. The molecule has 1 aliphatic rings. The molecule has 112 valence electrons. The first-order chi connectivity index (χ1) is 10.2. The number of nitrogens with zero attached hydrogens (tertiary/aromatic N) is 1. The number of halogens is 1. The minimum Gasteiger partial charge on any atom is -0.460 e. The lowest BCUT2D eigenvalue weighted by Gasteiger charge is -2.25. The molecule has 1 aromatic heterocycles. The molecule has 1 saturated carbocycles. The summed E-state index contributed by atoms with van der Waals surface area (Å²) < 4.78 is 7.05. The molecule has 0 radical (unpaired) electrons. The molecular weight excluding hydrogens is 328 g/mol. The number of rotatable bonds is 6. The van der Waals surface area contributed by atoms with Crippen LogP contribution in [-0.4, -0.2) is 24.5 Å². The smallest absolute Gasteiger partial charge is 0.134 e. The molecule has 2 N–H and O–H groups in total. The van der Waals surface area contributed by atoms with E-state index >= 15 is 0 Å². The van der Waals surface area contributed by atoms with E-state index in [0.29, 0.717) is 6.04 Å². The van der Waals surface area contributed by atoms with Crippen LogP contribution in [0.1, 0.15) is 18.6 Å². The third-order valence-electron chi connectivity index (χ3n) is 4.17. The Morgan fingerprint density at radius 2 is 1.95 bits per heavy atom. The van der Waals surface area contributed by atoms with Gasteiger partial charge in [-0.15, -0.1) is 0 Å². The van der Waals surface area contributed by atoms with Crippen LogP contribution in [-0.2, 0) is 6.54 Å². The Labute approximate surface area is 134 Å². The summed E-state index contributed by atoms with van der Waals surface area (Å²) in [7, 11) is 2.14. The van der Waals surface area contributed by atoms with Crippen molar-refractivity contribution < 1.29 is 4.42 Å². The molecule has 1 aliphatic carbocycles. The van der Waals surface area contributed by atoms with Crippen LogP contribution in [0.4, 0.5) is 0 Å². The predicted octanol–water partition coefficient (Wildman–Crippen LogP) is 3.88. The van der Waals surface area contributed by atoms with Crippen LogP contribution in [0.2, 0.25) is 0 Å². The van der Waals surface area contributed by atoms with E-state index in [0.717, 1.165) is 40.6 Å². The second-order valence-electron chi connectivity index (χ2n) is 5.83. The van der Waals surface area contributed by atoms with E-state index in [1.807, 2.05) is 18.2 Å². The van der Waals surface area contributed by atoms with Crippen LogP contribution in [0.3, 0.4) is 0 Å². The Kier molecular flexibility index (Phi) is 4.48. The number of hydrogen-bond acceptors (Lipinski definition) is 3. The van der Waals surface area contributed by atoms with Gasteiger partial charge >= 0.3 is 0 Å². The quantitative estimate of drug-likeness (QED) is 0.861.